The Hall–Kier alpha value is -2.12. The number of hydrogen-bond acceptors (Lipinski definition) is 4. The molecule has 126 valence electrons. The Labute approximate surface area is 144 Å². The maximum Gasteiger partial charge on any atom is 0.308 e. The predicted octanol–water partition coefficient (Wildman–Crippen LogP) is 3.58. The van der Waals surface area contributed by atoms with Gasteiger partial charge in [-0.15, -0.1) is 0 Å². The van der Waals surface area contributed by atoms with Crippen LogP contribution < -0.4 is 9.60 Å². The molecule has 0 fully saturated rings. The summed E-state index contributed by atoms with van der Waals surface area (Å²) in [5.74, 6) is 0. The van der Waals surface area contributed by atoms with Crippen molar-refractivity contribution in [3.05, 3.63) is 57.7 Å². The summed E-state index contributed by atoms with van der Waals surface area (Å²) in [7, 11) is -3.69. The Bertz CT molecular complexity index is 1030. The molecule has 0 atom stereocenters. The Balaban J connectivity index is 1.99. The van der Waals surface area contributed by atoms with Crippen LogP contribution in [0, 0.1) is 6.92 Å². The quantitative estimate of drug-likeness (QED) is 0.754. The number of anilines is 1. The second-order valence-corrected chi connectivity index (χ2v) is 8.30. The van der Waals surface area contributed by atoms with Crippen LogP contribution in [0.4, 0.5) is 5.69 Å². The second-order valence-electron chi connectivity index (χ2n) is 5.62. The van der Waals surface area contributed by atoms with Gasteiger partial charge in [-0.05, 0) is 43.7 Å². The van der Waals surface area contributed by atoms with Gasteiger partial charge in [0.25, 0.3) is 10.0 Å². The van der Waals surface area contributed by atoms with E-state index >= 15 is 0 Å². The van der Waals surface area contributed by atoms with Gasteiger partial charge in [0.05, 0.1) is 15.1 Å². The highest BCUT2D eigenvalue weighted by Crippen LogP contribution is 2.23. The molecule has 3 rings (SSSR count). The van der Waals surface area contributed by atoms with Crippen molar-refractivity contribution in [2.75, 3.05) is 4.72 Å². The van der Waals surface area contributed by atoms with Crippen molar-refractivity contribution in [1.82, 2.24) is 4.57 Å². The second kappa shape index (κ2) is 6.41. The first-order chi connectivity index (χ1) is 11.4. The van der Waals surface area contributed by atoms with Crippen molar-refractivity contribution in [3.63, 3.8) is 0 Å². The van der Waals surface area contributed by atoms with Crippen molar-refractivity contribution >= 4 is 37.3 Å². The molecule has 5 nitrogen and oxygen atoms in total. The zero-order valence-corrected chi connectivity index (χ0v) is 15.1. The molecule has 0 saturated heterocycles. The predicted molar refractivity (Wildman–Crippen MR) is 98.4 cm³/mol. The largest absolute Gasteiger partial charge is 0.308 e. The standard InChI is InChI=1S/C17H18N2O3S2/c1-3-10-19-15-9-8-14(11-16(15)23-17(19)20)24(21,22)18-13-6-4-12(2)5-7-13/h4-9,11,18H,3,10H2,1-2H3. The number of nitrogens with zero attached hydrogens (tertiary/aromatic N) is 1. The molecule has 0 unspecified atom stereocenters. The molecule has 24 heavy (non-hydrogen) atoms. The van der Waals surface area contributed by atoms with Gasteiger partial charge >= 0.3 is 4.87 Å². The third kappa shape index (κ3) is 3.22. The van der Waals surface area contributed by atoms with Crippen LogP contribution in [-0.4, -0.2) is 13.0 Å². The molecule has 0 amide bonds. The Morgan fingerprint density at radius 1 is 1.12 bits per heavy atom. The molecule has 0 radical (unpaired) electrons. The molecule has 0 aliphatic carbocycles. The summed E-state index contributed by atoms with van der Waals surface area (Å²) in [6.45, 7) is 4.57. The number of thiazole rings is 1. The molecule has 0 aliphatic rings. The lowest BCUT2D eigenvalue weighted by molar-refractivity contribution is 0.601. The van der Waals surface area contributed by atoms with E-state index in [0.29, 0.717) is 16.9 Å². The van der Waals surface area contributed by atoms with Gasteiger partial charge in [-0.3, -0.25) is 14.1 Å². The van der Waals surface area contributed by atoms with Crippen LogP contribution in [0.5, 0.6) is 0 Å². The molecule has 1 N–H and O–H groups in total. The molecule has 2 aromatic carbocycles. The lowest BCUT2D eigenvalue weighted by Crippen LogP contribution is -2.13. The molecular weight excluding hydrogens is 344 g/mol. The highest BCUT2D eigenvalue weighted by atomic mass is 32.2. The summed E-state index contributed by atoms with van der Waals surface area (Å²) in [4.78, 5) is 12.1. The van der Waals surface area contributed by atoms with E-state index in [9.17, 15) is 13.2 Å². The van der Waals surface area contributed by atoms with E-state index < -0.39 is 10.0 Å². The normalized spacial score (nSPS) is 11.8. The maximum atomic E-state index is 12.6. The van der Waals surface area contributed by atoms with E-state index in [1.807, 2.05) is 26.0 Å². The highest BCUT2D eigenvalue weighted by molar-refractivity contribution is 7.92. The summed E-state index contributed by atoms with van der Waals surface area (Å²) in [6.07, 6.45) is 0.848. The Kier molecular flexibility index (Phi) is 4.47. The number of hydrogen-bond donors (Lipinski definition) is 1. The van der Waals surface area contributed by atoms with E-state index in [4.69, 9.17) is 0 Å². The van der Waals surface area contributed by atoms with Gasteiger partial charge in [0.2, 0.25) is 0 Å². The van der Waals surface area contributed by atoms with Crippen LogP contribution in [0.1, 0.15) is 18.9 Å². The first-order valence-electron chi connectivity index (χ1n) is 7.63. The van der Waals surface area contributed by atoms with Crippen molar-refractivity contribution in [3.8, 4) is 0 Å². The highest BCUT2D eigenvalue weighted by Gasteiger charge is 2.17. The average Bonchev–Trinajstić information content (AvgIpc) is 2.85. The zero-order valence-electron chi connectivity index (χ0n) is 13.4. The molecule has 0 saturated carbocycles. The number of aromatic nitrogens is 1. The summed E-state index contributed by atoms with van der Waals surface area (Å²) in [6, 6.07) is 11.9. The first kappa shape index (κ1) is 16.7. The smallest absolute Gasteiger partial charge is 0.299 e. The number of benzene rings is 2. The molecular formula is C17H18N2O3S2. The van der Waals surface area contributed by atoms with Crippen LogP contribution in [0.3, 0.4) is 0 Å². The SMILES string of the molecule is CCCn1c(=O)sc2cc(S(=O)(=O)Nc3ccc(C)cc3)ccc21. The van der Waals surface area contributed by atoms with Gasteiger partial charge < -0.3 is 0 Å². The molecule has 7 heteroatoms. The van der Waals surface area contributed by atoms with E-state index in [1.165, 1.54) is 6.07 Å². The van der Waals surface area contributed by atoms with Crippen LogP contribution in [0.15, 0.2) is 52.2 Å². The zero-order chi connectivity index (χ0) is 17.3. The molecule has 0 bridgehead atoms. The minimum absolute atomic E-state index is 0.0621. The minimum Gasteiger partial charge on any atom is -0.299 e. The van der Waals surface area contributed by atoms with Gasteiger partial charge in [0.1, 0.15) is 0 Å². The topological polar surface area (TPSA) is 68.2 Å². The average molecular weight is 362 g/mol. The number of fused-ring (bicyclic) bond motifs is 1. The summed E-state index contributed by atoms with van der Waals surface area (Å²) < 4.78 is 30.0. The van der Waals surface area contributed by atoms with E-state index in [0.717, 1.165) is 28.8 Å². The van der Waals surface area contributed by atoms with Crippen molar-refractivity contribution < 1.29 is 8.42 Å². The van der Waals surface area contributed by atoms with Crippen LogP contribution in [-0.2, 0) is 16.6 Å². The molecule has 3 aromatic rings. The number of rotatable bonds is 5. The number of sulfonamides is 1. The summed E-state index contributed by atoms with van der Waals surface area (Å²) >= 11 is 1.07. The molecule has 1 heterocycles. The van der Waals surface area contributed by atoms with Crippen molar-refractivity contribution in [1.29, 1.82) is 0 Å². The van der Waals surface area contributed by atoms with Crippen molar-refractivity contribution in [2.45, 2.75) is 31.7 Å². The fourth-order valence-corrected chi connectivity index (χ4v) is 4.60. The van der Waals surface area contributed by atoms with Crippen LogP contribution in [0.25, 0.3) is 10.2 Å². The number of aryl methyl sites for hydroxylation is 2. The lowest BCUT2D eigenvalue weighted by atomic mass is 10.2. The van der Waals surface area contributed by atoms with Gasteiger partial charge in [-0.1, -0.05) is 36.0 Å². The van der Waals surface area contributed by atoms with Crippen LogP contribution in [0.2, 0.25) is 0 Å². The molecule has 1 aromatic heterocycles. The fourth-order valence-electron chi connectivity index (χ4n) is 2.48. The molecule has 0 aliphatic heterocycles. The lowest BCUT2D eigenvalue weighted by Gasteiger charge is -2.09. The van der Waals surface area contributed by atoms with E-state index in [1.54, 1.807) is 28.8 Å². The summed E-state index contributed by atoms with van der Waals surface area (Å²) in [5.41, 5.74) is 2.35. The van der Waals surface area contributed by atoms with Gasteiger partial charge in [0, 0.05) is 12.2 Å². The maximum absolute atomic E-state index is 12.6. The molecule has 0 spiro atoms. The minimum atomic E-state index is -3.69. The van der Waals surface area contributed by atoms with Crippen molar-refractivity contribution in [2.24, 2.45) is 0 Å². The van der Waals surface area contributed by atoms with Crippen LogP contribution >= 0.6 is 11.3 Å². The van der Waals surface area contributed by atoms with Gasteiger partial charge in [-0.25, -0.2) is 8.42 Å². The van der Waals surface area contributed by atoms with Gasteiger partial charge in [-0.2, -0.15) is 0 Å². The Morgan fingerprint density at radius 3 is 2.50 bits per heavy atom. The first-order valence-corrected chi connectivity index (χ1v) is 9.93. The fraction of sp³-hybridized carbons (Fsp3) is 0.235. The third-order valence-electron chi connectivity index (χ3n) is 3.70. The number of nitrogens with one attached hydrogen (secondary N) is 1. The monoisotopic (exact) mass is 362 g/mol. The third-order valence-corrected chi connectivity index (χ3v) is 6.02. The summed E-state index contributed by atoms with van der Waals surface area (Å²) in [5, 5.41) is 0. The van der Waals surface area contributed by atoms with E-state index in [2.05, 4.69) is 4.72 Å². The van der Waals surface area contributed by atoms with E-state index in [-0.39, 0.29) is 9.77 Å². The Morgan fingerprint density at radius 2 is 1.83 bits per heavy atom. The van der Waals surface area contributed by atoms with Gasteiger partial charge in [0.15, 0.2) is 0 Å².